The SMILES string of the molecule is CCCCCCCCCCCCCCCCCCN1CCOP1OC. The van der Waals surface area contributed by atoms with Gasteiger partial charge in [0, 0.05) is 20.2 Å². The lowest BCUT2D eigenvalue weighted by Crippen LogP contribution is -2.16. The Bertz CT molecular complexity index is 279. The second-order valence-electron chi connectivity index (χ2n) is 7.51. The topological polar surface area (TPSA) is 21.7 Å². The molecule has 150 valence electrons. The van der Waals surface area contributed by atoms with Crippen molar-refractivity contribution in [2.75, 3.05) is 26.8 Å². The van der Waals surface area contributed by atoms with E-state index in [4.69, 9.17) is 9.05 Å². The van der Waals surface area contributed by atoms with E-state index in [9.17, 15) is 0 Å². The quantitative estimate of drug-likeness (QED) is 0.184. The van der Waals surface area contributed by atoms with E-state index in [2.05, 4.69) is 11.6 Å². The minimum atomic E-state index is -0.717. The summed E-state index contributed by atoms with van der Waals surface area (Å²) < 4.78 is 13.3. The maximum atomic E-state index is 5.56. The lowest BCUT2D eigenvalue weighted by atomic mass is 10.0. The summed E-state index contributed by atoms with van der Waals surface area (Å²) in [5.41, 5.74) is 0. The molecule has 0 aliphatic carbocycles. The monoisotopic (exact) mass is 373 g/mol. The van der Waals surface area contributed by atoms with E-state index in [0.29, 0.717) is 0 Å². The van der Waals surface area contributed by atoms with Gasteiger partial charge in [0.15, 0.2) is 0 Å². The van der Waals surface area contributed by atoms with E-state index in [1.165, 1.54) is 103 Å². The van der Waals surface area contributed by atoms with E-state index in [1.807, 2.05) is 0 Å². The van der Waals surface area contributed by atoms with Crippen LogP contribution in [0.1, 0.15) is 110 Å². The van der Waals surface area contributed by atoms with Gasteiger partial charge in [-0.05, 0) is 6.42 Å². The Labute approximate surface area is 159 Å². The second-order valence-corrected chi connectivity index (χ2v) is 9.18. The van der Waals surface area contributed by atoms with Crippen LogP contribution in [0, 0.1) is 0 Å². The van der Waals surface area contributed by atoms with Crippen LogP contribution >= 0.6 is 8.53 Å². The fourth-order valence-corrected chi connectivity index (χ4v) is 4.88. The van der Waals surface area contributed by atoms with Crippen LogP contribution in [0.5, 0.6) is 0 Å². The molecule has 0 saturated carbocycles. The van der Waals surface area contributed by atoms with Gasteiger partial charge in [-0.2, -0.15) is 0 Å². The van der Waals surface area contributed by atoms with E-state index >= 15 is 0 Å². The minimum Gasteiger partial charge on any atom is -0.325 e. The summed E-state index contributed by atoms with van der Waals surface area (Å²) in [6.45, 7) is 5.34. The van der Waals surface area contributed by atoms with Gasteiger partial charge in [0.25, 0.3) is 8.53 Å². The number of hydrogen-bond donors (Lipinski definition) is 0. The molecule has 0 bridgehead atoms. The van der Waals surface area contributed by atoms with Crippen LogP contribution in [0.15, 0.2) is 0 Å². The van der Waals surface area contributed by atoms with Crippen LogP contribution in [0.2, 0.25) is 0 Å². The van der Waals surface area contributed by atoms with Crippen molar-refractivity contribution in [1.29, 1.82) is 0 Å². The minimum absolute atomic E-state index is 0.717. The molecule has 1 fully saturated rings. The van der Waals surface area contributed by atoms with Crippen molar-refractivity contribution >= 4 is 8.53 Å². The van der Waals surface area contributed by atoms with Crippen LogP contribution in [-0.2, 0) is 9.05 Å². The van der Waals surface area contributed by atoms with Crippen LogP contribution < -0.4 is 0 Å². The fourth-order valence-electron chi connectivity index (χ4n) is 3.59. The van der Waals surface area contributed by atoms with Crippen LogP contribution in [0.3, 0.4) is 0 Å². The smallest absolute Gasteiger partial charge is 0.258 e. The average molecular weight is 374 g/mol. The van der Waals surface area contributed by atoms with Gasteiger partial charge in [0.05, 0.1) is 6.61 Å². The highest BCUT2D eigenvalue weighted by molar-refractivity contribution is 7.44. The van der Waals surface area contributed by atoms with E-state index in [-0.39, 0.29) is 0 Å². The number of rotatable bonds is 18. The first-order chi connectivity index (χ1) is 12.4. The molecule has 3 nitrogen and oxygen atoms in total. The normalized spacial score (nSPS) is 18.2. The van der Waals surface area contributed by atoms with Crippen LogP contribution in [0.25, 0.3) is 0 Å². The maximum absolute atomic E-state index is 5.56. The first-order valence-electron chi connectivity index (χ1n) is 11.1. The summed E-state index contributed by atoms with van der Waals surface area (Å²) in [5.74, 6) is 0. The van der Waals surface area contributed by atoms with Gasteiger partial charge in [0.1, 0.15) is 0 Å². The molecular formula is C21H44NO2P. The van der Waals surface area contributed by atoms with E-state index < -0.39 is 8.53 Å². The molecule has 1 heterocycles. The molecule has 1 saturated heterocycles. The molecule has 0 aromatic heterocycles. The molecular weight excluding hydrogens is 329 g/mol. The Balaban J connectivity index is 1.71. The second kappa shape index (κ2) is 17.7. The number of hydrogen-bond acceptors (Lipinski definition) is 3. The maximum Gasteiger partial charge on any atom is 0.258 e. The summed E-state index contributed by atoms with van der Waals surface area (Å²) in [7, 11) is 1.04. The highest BCUT2D eigenvalue weighted by Crippen LogP contribution is 2.45. The third kappa shape index (κ3) is 13.2. The molecule has 25 heavy (non-hydrogen) atoms. The largest absolute Gasteiger partial charge is 0.325 e. The zero-order valence-electron chi connectivity index (χ0n) is 17.1. The molecule has 1 atom stereocenters. The summed E-state index contributed by atoms with van der Waals surface area (Å²) in [4.78, 5) is 0. The zero-order valence-corrected chi connectivity index (χ0v) is 18.0. The van der Waals surface area contributed by atoms with Gasteiger partial charge in [-0.1, -0.05) is 103 Å². The van der Waals surface area contributed by atoms with Crippen molar-refractivity contribution in [3.8, 4) is 0 Å². The Morgan fingerprint density at radius 1 is 0.720 bits per heavy atom. The Hall–Kier alpha value is 0.310. The summed E-state index contributed by atoms with van der Waals surface area (Å²) in [5, 5.41) is 0. The Morgan fingerprint density at radius 3 is 1.60 bits per heavy atom. The van der Waals surface area contributed by atoms with Crippen LogP contribution in [0.4, 0.5) is 0 Å². The first-order valence-corrected chi connectivity index (χ1v) is 12.2. The standard InChI is InChI=1S/C21H44NO2P/c1-3-4-5-6-7-8-9-10-11-12-13-14-15-16-17-18-19-22-20-21-24-25(22)23-2/h3-21H2,1-2H3. The molecule has 0 radical (unpaired) electrons. The average Bonchev–Trinajstić information content (AvgIpc) is 3.09. The summed E-state index contributed by atoms with van der Waals surface area (Å²) in [6, 6.07) is 0. The van der Waals surface area contributed by atoms with Gasteiger partial charge < -0.3 is 9.05 Å². The van der Waals surface area contributed by atoms with Crippen molar-refractivity contribution < 1.29 is 9.05 Å². The molecule has 1 aliphatic heterocycles. The lowest BCUT2D eigenvalue weighted by molar-refractivity contribution is 0.315. The zero-order chi connectivity index (χ0) is 18.0. The predicted octanol–water partition coefficient (Wildman–Crippen LogP) is 7.45. The predicted molar refractivity (Wildman–Crippen MR) is 111 cm³/mol. The van der Waals surface area contributed by atoms with Crippen molar-refractivity contribution in [2.24, 2.45) is 0 Å². The van der Waals surface area contributed by atoms with Gasteiger partial charge >= 0.3 is 0 Å². The summed E-state index contributed by atoms with van der Waals surface area (Å²) >= 11 is 0. The molecule has 0 aromatic rings. The fraction of sp³-hybridized carbons (Fsp3) is 1.00. The Kier molecular flexibility index (Phi) is 16.5. The van der Waals surface area contributed by atoms with Gasteiger partial charge in [-0.25, -0.2) is 4.67 Å². The molecule has 1 aliphatic rings. The number of unbranched alkanes of at least 4 members (excludes halogenated alkanes) is 15. The van der Waals surface area contributed by atoms with E-state index in [0.717, 1.165) is 19.7 Å². The highest BCUT2D eigenvalue weighted by Gasteiger charge is 2.25. The molecule has 1 unspecified atom stereocenters. The van der Waals surface area contributed by atoms with Crippen LogP contribution in [-0.4, -0.2) is 31.5 Å². The number of nitrogens with zero attached hydrogens (tertiary/aromatic N) is 1. The molecule has 0 aromatic carbocycles. The lowest BCUT2D eigenvalue weighted by Gasteiger charge is -2.18. The third-order valence-corrected chi connectivity index (χ3v) is 6.79. The Morgan fingerprint density at radius 2 is 1.16 bits per heavy atom. The van der Waals surface area contributed by atoms with E-state index in [1.54, 1.807) is 7.11 Å². The molecule has 0 amide bonds. The van der Waals surface area contributed by atoms with Crippen molar-refractivity contribution in [2.45, 2.75) is 110 Å². The van der Waals surface area contributed by atoms with Crippen molar-refractivity contribution in [3.63, 3.8) is 0 Å². The van der Waals surface area contributed by atoms with Gasteiger partial charge in [-0.3, -0.25) is 0 Å². The first kappa shape index (κ1) is 23.3. The van der Waals surface area contributed by atoms with Crippen molar-refractivity contribution in [1.82, 2.24) is 4.67 Å². The molecule has 4 heteroatoms. The summed E-state index contributed by atoms with van der Waals surface area (Å²) in [6.07, 6.45) is 22.9. The molecule has 1 rings (SSSR count). The van der Waals surface area contributed by atoms with Gasteiger partial charge in [0.2, 0.25) is 0 Å². The third-order valence-electron chi connectivity index (χ3n) is 5.21. The highest BCUT2D eigenvalue weighted by atomic mass is 31.2. The molecule has 0 spiro atoms. The van der Waals surface area contributed by atoms with Gasteiger partial charge in [-0.15, -0.1) is 0 Å². The van der Waals surface area contributed by atoms with Crippen molar-refractivity contribution in [3.05, 3.63) is 0 Å². The molecule has 0 N–H and O–H groups in total.